The molecule has 2 heterocycles. The molecule has 5 rings (SSSR count). The number of aromatic nitrogens is 1. The van der Waals surface area contributed by atoms with Gasteiger partial charge in [0.1, 0.15) is 11.9 Å². The van der Waals surface area contributed by atoms with Gasteiger partial charge in [0.05, 0.1) is 18.4 Å². The number of fused-ring (bicyclic) bond motifs is 5. The molecule has 36 heavy (non-hydrogen) atoms. The number of alkyl halides is 1. The molecule has 2 aliphatic rings. The number of carboxylic acid groups (broad SMARTS) is 1. The Labute approximate surface area is 212 Å². The highest BCUT2D eigenvalue weighted by Gasteiger charge is 2.34. The molecule has 0 saturated heterocycles. The summed E-state index contributed by atoms with van der Waals surface area (Å²) in [6, 6.07) is 11.6. The van der Waals surface area contributed by atoms with Gasteiger partial charge in [-0.25, -0.2) is 9.18 Å². The molecule has 1 aliphatic carbocycles. The Kier molecular flexibility index (Phi) is 6.93. The number of aryl methyl sites for hydroxylation is 1. The van der Waals surface area contributed by atoms with Crippen molar-refractivity contribution in [3.63, 3.8) is 0 Å². The summed E-state index contributed by atoms with van der Waals surface area (Å²) < 4.78 is 23.3. The Bertz CT molecular complexity index is 1270. The number of benzene rings is 2. The number of halogens is 1. The first-order chi connectivity index (χ1) is 17.4. The largest absolute Gasteiger partial charge is 0.497 e. The third-order valence-corrected chi connectivity index (χ3v) is 7.87. The van der Waals surface area contributed by atoms with Crippen LogP contribution in [-0.2, 0) is 6.54 Å². The van der Waals surface area contributed by atoms with Crippen molar-refractivity contribution in [2.75, 3.05) is 33.1 Å². The minimum absolute atomic E-state index is 0.202. The van der Waals surface area contributed by atoms with E-state index in [1.807, 2.05) is 18.2 Å². The molecule has 0 radical (unpaired) electrons. The predicted octanol–water partition coefficient (Wildman–Crippen LogP) is 6.15. The number of anilines is 1. The second-order valence-electron chi connectivity index (χ2n) is 10.5. The van der Waals surface area contributed by atoms with Crippen molar-refractivity contribution in [1.29, 1.82) is 0 Å². The molecule has 2 aromatic carbocycles. The fourth-order valence-corrected chi connectivity index (χ4v) is 6.00. The summed E-state index contributed by atoms with van der Waals surface area (Å²) in [4.78, 5) is 14.1. The van der Waals surface area contributed by atoms with Gasteiger partial charge in [0.2, 0.25) is 0 Å². The van der Waals surface area contributed by atoms with Crippen molar-refractivity contribution in [1.82, 2.24) is 9.47 Å². The van der Waals surface area contributed by atoms with E-state index in [1.54, 1.807) is 19.2 Å². The maximum absolute atomic E-state index is 15.5. The first kappa shape index (κ1) is 24.6. The number of nitrogens with one attached hydrogen (secondary N) is 1. The van der Waals surface area contributed by atoms with Crippen LogP contribution in [0.4, 0.5) is 10.1 Å². The average molecular weight is 494 g/mol. The van der Waals surface area contributed by atoms with Crippen LogP contribution in [0, 0.1) is 0 Å². The molecular formula is C29H36FN3O3. The van der Waals surface area contributed by atoms with Gasteiger partial charge in [0, 0.05) is 46.7 Å². The number of carboxylic acids is 1. The molecule has 0 spiro atoms. The molecule has 7 heteroatoms. The van der Waals surface area contributed by atoms with Crippen LogP contribution in [0.3, 0.4) is 0 Å². The van der Waals surface area contributed by atoms with Crippen molar-refractivity contribution in [3.8, 4) is 17.0 Å². The van der Waals surface area contributed by atoms with Crippen molar-refractivity contribution in [2.24, 2.45) is 0 Å². The summed E-state index contributed by atoms with van der Waals surface area (Å²) >= 11 is 0. The summed E-state index contributed by atoms with van der Waals surface area (Å²) in [6.07, 6.45) is 4.24. The topological polar surface area (TPSA) is 66.7 Å². The van der Waals surface area contributed by atoms with E-state index in [-0.39, 0.29) is 17.5 Å². The lowest BCUT2D eigenvalue weighted by Gasteiger charge is -2.30. The molecule has 2 N–H and O–H groups in total. The normalized spacial score (nSPS) is 21.9. The molecule has 192 valence electrons. The van der Waals surface area contributed by atoms with Crippen molar-refractivity contribution >= 4 is 22.6 Å². The van der Waals surface area contributed by atoms with Gasteiger partial charge in [-0.05, 0) is 76.2 Å². The lowest BCUT2D eigenvalue weighted by atomic mass is 9.80. The van der Waals surface area contributed by atoms with Gasteiger partial charge in [-0.1, -0.05) is 18.9 Å². The second-order valence-corrected chi connectivity index (χ2v) is 10.5. The Balaban J connectivity index is 1.76. The highest BCUT2D eigenvalue weighted by molar-refractivity contribution is 5.99. The van der Waals surface area contributed by atoms with Crippen LogP contribution in [0.1, 0.15) is 60.4 Å². The monoisotopic (exact) mass is 493 g/mol. The molecule has 2 unspecified atom stereocenters. The van der Waals surface area contributed by atoms with Crippen LogP contribution in [0.5, 0.6) is 5.75 Å². The van der Waals surface area contributed by atoms with E-state index >= 15 is 4.39 Å². The third kappa shape index (κ3) is 4.57. The van der Waals surface area contributed by atoms with Crippen molar-refractivity contribution in [3.05, 3.63) is 47.5 Å². The smallest absolute Gasteiger partial charge is 0.335 e. The lowest BCUT2D eigenvalue weighted by Crippen LogP contribution is -2.28. The van der Waals surface area contributed by atoms with E-state index in [0.29, 0.717) is 6.42 Å². The Hall–Kier alpha value is -3.06. The van der Waals surface area contributed by atoms with Crippen molar-refractivity contribution in [2.45, 2.75) is 63.2 Å². The maximum Gasteiger partial charge on any atom is 0.335 e. The SMILES string of the molecule is COc1ccc2c(c1)NC(CCN(C)C)CCn1c-2c(C2CCCC[C@@H]2F)c2ccc(C(=O)O)cc21. The van der Waals surface area contributed by atoms with Crippen LogP contribution in [0.15, 0.2) is 36.4 Å². The van der Waals surface area contributed by atoms with Crippen LogP contribution in [0.25, 0.3) is 22.2 Å². The molecule has 0 bridgehead atoms. The fraction of sp³-hybridized carbons (Fsp3) is 0.483. The molecule has 6 nitrogen and oxygen atoms in total. The van der Waals surface area contributed by atoms with E-state index in [2.05, 4.69) is 34.9 Å². The van der Waals surface area contributed by atoms with E-state index in [0.717, 1.165) is 84.4 Å². The number of hydrogen-bond donors (Lipinski definition) is 2. The summed E-state index contributed by atoms with van der Waals surface area (Å²) in [7, 11) is 5.82. The zero-order valence-electron chi connectivity index (χ0n) is 21.4. The van der Waals surface area contributed by atoms with Gasteiger partial charge in [-0.3, -0.25) is 0 Å². The molecule has 1 aliphatic heterocycles. The number of methoxy groups -OCH3 is 1. The number of carbonyl (C=O) groups is 1. The molecular weight excluding hydrogens is 457 g/mol. The van der Waals surface area contributed by atoms with Crippen LogP contribution < -0.4 is 10.1 Å². The minimum Gasteiger partial charge on any atom is -0.497 e. The molecule has 0 amide bonds. The van der Waals surface area contributed by atoms with Crippen LogP contribution in [0.2, 0.25) is 0 Å². The summed E-state index contributed by atoms with van der Waals surface area (Å²) in [5.74, 6) is -0.379. The standard InChI is InChI=1S/C29H36FN3O3/c1-32(2)14-12-19-13-15-33-26-16-18(29(34)35)8-10-23(26)27(21-6-4-5-7-24(21)30)28(33)22-11-9-20(36-3)17-25(22)31-19/h8-11,16-17,19,21,24,31H,4-7,12-15H2,1-3H3,(H,34,35)/t19?,21?,24-/m0/s1. The molecule has 1 fully saturated rings. The van der Waals surface area contributed by atoms with Crippen LogP contribution >= 0.6 is 0 Å². The molecule has 1 saturated carbocycles. The first-order valence-corrected chi connectivity index (χ1v) is 13.0. The lowest BCUT2D eigenvalue weighted by molar-refractivity contribution is 0.0697. The first-order valence-electron chi connectivity index (χ1n) is 13.0. The summed E-state index contributed by atoms with van der Waals surface area (Å²) in [5, 5.41) is 14.5. The quantitative estimate of drug-likeness (QED) is 0.431. The van der Waals surface area contributed by atoms with Gasteiger partial charge in [-0.2, -0.15) is 0 Å². The zero-order valence-corrected chi connectivity index (χ0v) is 21.4. The van der Waals surface area contributed by atoms with Gasteiger partial charge in [0.25, 0.3) is 0 Å². The molecule has 3 atom stereocenters. The van der Waals surface area contributed by atoms with E-state index in [9.17, 15) is 9.90 Å². The summed E-state index contributed by atoms with van der Waals surface area (Å²) in [5.41, 5.74) is 5.17. The van der Waals surface area contributed by atoms with Gasteiger partial charge in [-0.15, -0.1) is 0 Å². The number of rotatable bonds is 6. The van der Waals surface area contributed by atoms with Crippen molar-refractivity contribution < 1.29 is 19.0 Å². The van der Waals surface area contributed by atoms with Gasteiger partial charge >= 0.3 is 5.97 Å². The van der Waals surface area contributed by atoms with Crippen LogP contribution in [-0.4, -0.2) is 60.5 Å². The third-order valence-electron chi connectivity index (χ3n) is 7.87. The average Bonchev–Trinajstić information content (AvgIpc) is 3.17. The Morgan fingerprint density at radius 2 is 1.97 bits per heavy atom. The van der Waals surface area contributed by atoms with Gasteiger partial charge in [0.15, 0.2) is 0 Å². The molecule has 3 aromatic rings. The Morgan fingerprint density at radius 1 is 1.17 bits per heavy atom. The highest BCUT2D eigenvalue weighted by atomic mass is 19.1. The molecule has 1 aromatic heterocycles. The Morgan fingerprint density at radius 3 is 2.69 bits per heavy atom. The summed E-state index contributed by atoms with van der Waals surface area (Å²) in [6.45, 7) is 1.69. The minimum atomic E-state index is -0.948. The predicted molar refractivity (Wildman–Crippen MR) is 142 cm³/mol. The number of ether oxygens (including phenoxy) is 1. The highest BCUT2D eigenvalue weighted by Crippen LogP contribution is 2.48. The maximum atomic E-state index is 15.5. The van der Waals surface area contributed by atoms with E-state index in [1.165, 1.54) is 0 Å². The van der Waals surface area contributed by atoms with E-state index in [4.69, 9.17) is 4.74 Å². The zero-order chi connectivity index (χ0) is 25.4. The number of hydrogen-bond acceptors (Lipinski definition) is 4. The fourth-order valence-electron chi connectivity index (χ4n) is 6.00. The second kappa shape index (κ2) is 10.1. The van der Waals surface area contributed by atoms with E-state index < -0.39 is 12.1 Å². The number of nitrogens with zero attached hydrogens (tertiary/aromatic N) is 2. The number of aromatic carboxylic acids is 1. The van der Waals surface area contributed by atoms with Gasteiger partial charge < -0.3 is 24.6 Å².